The minimum atomic E-state index is -0.838. The lowest BCUT2D eigenvalue weighted by atomic mass is 10.1. The Morgan fingerprint density at radius 2 is 2.38 bits per heavy atom. The number of thiazole rings is 1. The smallest absolute Gasteiger partial charge is 0.160 e. The predicted molar refractivity (Wildman–Crippen MR) is 73.0 cm³/mol. The van der Waals surface area contributed by atoms with Crippen LogP contribution in [0.15, 0.2) is 20.3 Å². The fourth-order valence-corrected chi connectivity index (χ4v) is 3.42. The third kappa shape index (κ3) is 3.38. The average Bonchev–Trinajstić information content (AvgIpc) is 2.58. The monoisotopic (exact) mass is 367 g/mol. The lowest BCUT2D eigenvalue weighted by Gasteiger charge is -2.09. The molecule has 1 heterocycles. The average molecular weight is 369 g/mol. The van der Waals surface area contributed by atoms with E-state index in [-0.39, 0.29) is 0 Å². The summed E-state index contributed by atoms with van der Waals surface area (Å²) >= 11 is 7.86. The van der Waals surface area contributed by atoms with Gasteiger partial charge in [-0.2, -0.15) is 0 Å². The van der Waals surface area contributed by atoms with Gasteiger partial charge in [0.25, 0.3) is 0 Å². The summed E-state index contributed by atoms with van der Waals surface area (Å²) in [6.07, 6.45) is 1.93. The van der Waals surface area contributed by atoms with Gasteiger partial charge < -0.3 is 15.8 Å². The molecule has 0 aliphatic rings. The van der Waals surface area contributed by atoms with E-state index < -0.39 is 6.10 Å². The highest BCUT2D eigenvalue weighted by atomic mass is 79.9. The fraction of sp³-hybridized carbons (Fsp3) is 0.333. The van der Waals surface area contributed by atoms with Crippen molar-refractivity contribution in [2.45, 2.75) is 13.0 Å². The second-order valence-corrected chi connectivity index (χ2v) is 5.93. The maximum absolute atomic E-state index is 10.1. The summed E-state index contributed by atoms with van der Waals surface area (Å²) in [6.45, 7) is 2.70. The normalized spacial score (nSPS) is 13.6. The van der Waals surface area contributed by atoms with Crippen molar-refractivity contribution in [2.24, 2.45) is 0 Å². The lowest BCUT2D eigenvalue weighted by Crippen LogP contribution is -2.09. The van der Waals surface area contributed by atoms with E-state index in [1.54, 1.807) is 6.20 Å². The van der Waals surface area contributed by atoms with Crippen molar-refractivity contribution < 1.29 is 5.11 Å². The predicted octanol–water partition coefficient (Wildman–Crippen LogP) is 2.84. The van der Waals surface area contributed by atoms with Crippen LogP contribution in [0.5, 0.6) is 0 Å². The molecule has 0 aliphatic carbocycles. The molecule has 1 rings (SSSR count). The Balaban J connectivity index is 2.95. The first kappa shape index (κ1) is 13.8. The van der Waals surface area contributed by atoms with Gasteiger partial charge in [-0.1, -0.05) is 0 Å². The summed E-state index contributed by atoms with van der Waals surface area (Å²) in [5.74, 6) is 0. The number of aliphatic hydroxyl groups excluding tert-OH is 1. The molecule has 16 heavy (non-hydrogen) atoms. The molecule has 1 aromatic heterocycles. The molecular formula is C9H11Br2N3OS. The number of rotatable bonds is 5. The maximum atomic E-state index is 10.1. The molecule has 0 bridgehead atoms. The number of halogens is 2. The van der Waals surface area contributed by atoms with Crippen LogP contribution in [-0.4, -0.2) is 22.8 Å². The highest BCUT2D eigenvalue weighted by molar-refractivity contribution is 9.11. The molecule has 0 amide bonds. The van der Waals surface area contributed by atoms with Gasteiger partial charge >= 0.3 is 0 Å². The van der Waals surface area contributed by atoms with Crippen molar-refractivity contribution in [3.05, 3.63) is 25.2 Å². The standard InChI is InChI=1S/C9H11Br2N3OS/c1-2-13-4-5(3-12)6(15)7-8(10)14-9(11)16-7/h3-4,6,12-13,15H,2H2,1H3/b5-4+,12-3?. The number of aliphatic hydroxyl groups is 1. The second-order valence-electron chi connectivity index (χ2n) is 2.87. The van der Waals surface area contributed by atoms with Crippen LogP contribution in [0.1, 0.15) is 17.9 Å². The Labute approximate surface area is 115 Å². The van der Waals surface area contributed by atoms with E-state index in [1.165, 1.54) is 11.3 Å². The number of aromatic nitrogens is 1. The maximum Gasteiger partial charge on any atom is 0.160 e. The van der Waals surface area contributed by atoms with Gasteiger partial charge in [-0.05, 0) is 38.8 Å². The van der Waals surface area contributed by atoms with Gasteiger partial charge in [-0.3, -0.25) is 0 Å². The van der Waals surface area contributed by atoms with Gasteiger partial charge in [0.2, 0.25) is 0 Å². The number of nitrogens with zero attached hydrogens (tertiary/aromatic N) is 1. The highest BCUT2D eigenvalue weighted by Gasteiger charge is 2.19. The topological polar surface area (TPSA) is 69.0 Å². The minimum absolute atomic E-state index is 0.499. The summed E-state index contributed by atoms with van der Waals surface area (Å²) in [5.41, 5.74) is 0.499. The molecule has 7 heteroatoms. The summed E-state index contributed by atoms with van der Waals surface area (Å²) in [5, 5.41) is 20.3. The third-order valence-corrected chi connectivity index (χ3v) is 4.21. The molecule has 1 unspecified atom stereocenters. The number of nitrogens with one attached hydrogen (secondary N) is 2. The second kappa shape index (κ2) is 6.48. The van der Waals surface area contributed by atoms with Crippen molar-refractivity contribution >= 4 is 49.4 Å². The van der Waals surface area contributed by atoms with Crippen LogP contribution in [0.25, 0.3) is 0 Å². The number of hydrogen-bond donors (Lipinski definition) is 3. The van der Waals surface area contributed by atoms with Crippen LogP contribution < -0.4 is 5.32 Å². The van der Waals surface area contributed by atoms with Gasteiger partial charge in [0.1, 0.15) is 10.7 Å². The molecule has 0 radical (unpaired) electrons. The first-order chi connectivity index (χ1) is 7.60. The minimum Gasteiger partial charge on any atom is -0.391 e. The van der Waals surface area contributed by atoms with Crippen LogP contribution >= 0.6 is 43.2 Å². The summed E-state index contributed by atoms with van der Waals surface area (Å²) in [7, 11) is 0. The molecule has 88 valence electrons. The van der Waals surface area contributed by atoms with E-state index in [9.17, 15) is 5.11 Å². The zero-order valence-corrected chi connectivity index (χ0v) is 12.5. The van der Waals surface area contributed by atoms with E-state index in [0.717, 1.165) is 12.8 Å². The molecule has 0 fully saturated rings. The van der Waals surface area contributed by atoms with Crippen LogP contribution in [0, 0.1) is 5.41 Å². The first-order valence-electron chi connectivity index (χ1n) is 4.53. The van der Waals surface area contributed by atoms with E-state index in [0.29, 0.717) is 19.0 Å². The summed E-state index contributed by atoms with van der Waals surface area (Å²) < 4.78 is 1.29. The Morgan fingerprint density at radius 1 is 1.69 bits per heavy atom. The SMILES string of the molecule is CCN/C=C(\C=N)C(O)c1sc(Br)nc1Br. The molecule has 0 saturated heterocycles. The molecule has 1 aromatic rings. The quantitative estimate of drug-likeness (QED) is 0.700. The molecule has 3 N–H and O–H groups in total. The van der Waals surface area contributed by atoms with Gasteiger partial charge in [0.15, 0.2) is 3.92 Å². The van der Waals surface area contributed by atoms with Crippen LogP contribution in [0.4, 0.5) is 0 Å². The largest absolute Gasteiger partial charge is 0.391 e. The van der Waals surface area contributed by atoms with Crippen molar-refractivity contribution in [2.75, 3.05) is 6.54 Å². The van der Waals surface area contributed by atoms with E-state index in [4.69, 9.17) is 5.41 Å². The Morgan fingerprint density at radius 3 is 2.81 bits per heavy atom. The Kier molecular flexibility index (Phi) is 5.60. The summed E-state index contributed by atoms with van der Waals surface area (Å²) in [4.78, 5) is 4.78. The molecule has 1 atom stereocenters. The van der Waals surface area contributed by atoms with E-state index >= 15 is 0 Å². The molecule has 0 aliphatic heterocycles. The van der Waals surface area contributed by atoms with Crippen LogP contribution in [0.3, 0.4) is 0 Å². The Hall–Kier alpha value is -0.240. The van der Waals surface area contributed by atoms with E-state index in [1.807, 2.05) is 6.92 Å². The zero-order chi connectivity index (χ0) is 12.1. The van der Waals surface area contributed by atoms with E-state index in [2.05, 4.69) is 42.2 Å². The van der Waals surface area contributed by atoms with Crippen molar-refractivity contribution in [3.8, 4) is 0 Å². The third-order valence-electron chi connectivity index (χ3n) is 1.79. The Bertz CT molecular complexity index is 405. The van der Waals surface area contributed by atoms with Crippen molar-refractivity contribution in [1.29, 1.82) is 5.41 Å². The number of hydrogen-bond acceptors (Lipinski definition) is 5. The first-order valence-corrected chi connectivity index (χ1v) is 6.94. The van der Waals surface area contributed by atoms with Crippen LogP contribution in [0.2, 0.25) is 0 Å². The van der Waals surface area contributed by atoms with Gasteiger partial charge in [0, 0.05) is 24.5 Å². The molecular weight excluding hydrogens is 358 g/mol. The highest BCUT2D eigenvalue weighted by Crippen LogP contribution is 2.34. The van der Waals surface area contributed by atoms with Gasteiger partial charge in [-0.25, -0.2) is 4.98 Å². The molecule has 0 aromatic carbocycles. The van der Waals surface area contributed by atoms with Gasteiger partial charge in [0.05, 0.1) is 4.88 Å². The summed E-state index contributed by atoms with van der Waals surface area (Å²) in [6, 6.07) is 0. The molecule has 0 spiro atoms. The zero-order valence-electron chi connectivity index (χ0n) is 8.50. The van der Waals surface area contributed by atoms with Crippen molar-refractivity contribution in [1.82, 2.24) is 10.3 Å². The molecule has 4 nitrogen and oxygen atoms in total. The fourth-order valence-electron chi connectivity index (χ4n) is 1.03. The van der Waals surface area contributed by atoms with Crippen molar-refractivity contribution in [3.63, 3.8) is 0 Å². The van der Waals surface area contributed by atoms with Crippen LogP contribution in [-0.2, 0) is 0 Å². The molecule has 0 saturated carbocycles. The lowest BCUT2D eigenvalue weighted by molar-refractivity contribution is 0.224. The van der Waals surface area contributed by atoms with Gasteiger partial charge in [-0.15, -0.1) is 11.3 Å².